The van der Waals surface area contributed by atoms with Gasteiger partial charge >= 0.3 is 0 Å². The van der Waals surface area contributed by atoms with Crippen molar-refractivity contribution in [3.63, 3.8) is 0 Å². The molecule has 1 N–H and O–H groups in total. The number of allylic oxidation sites excluding steroid dienone is 3. The number of carbonyl (C=O) groups is 3. The minimum Gasteiger partial charge on any atom is -0.485 e. The summed E-state index contributed by atoms with van der Waals surface area (Å²) < 4.78 is 12.2. The third-order valence-electron chi connectivity index (χ3n) is 4.31. The number of nitrogens with zero attached hydrogens (tertiary/aromatic N) is 1. The second kappa shape index (κ2) is 23.6. The summed E-state index contributed by atoms with van der Waals surface area (Å²) in [4.78, 5) is 31.5. The number of aliphatic imine (C=N–C) groups is 1. The number of aryl methyl sites for hydroxylation is 1. The Bertz CT molecular complexity index is 1110. The molecule has 0 amide bonds. The van der Waals surface area contributed by atoms with Gasteiger partial charge in [-0.05, 0) is 90.7 Å². The molecule has 0 spiro atoms. The fourth-order valence-corrected chi connectivity index (χ4v) is 3.37. The van der Waals surface area contributed by atoms with Crippen molar-refractivity contribution in [2.24, 2.45) is 4.99 Å². The van der Waals surface area contributed by atoms with Crippen LogP contribution in [0, 0.1) is 6.92 Å². The molecule has 0 radical (unpaired) electrons. The highest BCUT2D eigenvalue weighted by atomic mass is 79.9. The molecule has 0 bridgehead atoms. The predicted octanol–water partition coefficient (Wildman–Crippen LogP) is 7.60. The number of ketones is 1. The lowest BCUT2D eigenvalue weighted by Gasteiger charge is -2.09. The van der Waals surface area contributed by atoms with Gasteiger partial charge in [0, 0.05) is 11.2 Å². The molecule has 0 aliphatic carbocycles. The van der Waals surface area contributed by atoms with Crippen LogP contribution < -0.4 is 14.8 Å². The van der Waals surface area contributed by atoms with Crippen molar-refractivity contribution < 1.29 is 23.9 Å². The lowest BCUT2D eigenvalue weighted by molar-refractivity contribution is -0.119. The molecule has 0 aliphatic rings. The van der Waals surface area contributed by atoms with Gasteiger partial charge in [0.05, 0.1) is 17.4 Å². The average molecular weight is 622 g/mol. The van der Waals surface area contributed by atoms with Gasteiger partial charge < -0.3 is 24.4 Å². The molecule has 2 rings (SSSR count). The van der Waals surface area contributed by atoms with Crippen LogP contribution in [0.5, 0.6) is 11.5 Å². The lowest BCUT2D eigenvalue weighted by atomic mass is 10.2. The predicted molar refractivity (Wildman–Crippen MR) is 165 cm³/mol. The number of carbonyl (C=O) groups excluding carboxylic acids is 3. The summed E-state index contributed by atoms with van der Waals surface area (Å²) in [6.45, 7) is 17.7. The molecule has 0 saturated heterocycles. The Morgan fingerprint density at radius 1 is 1.10 bits per heavy atom. The largest absolute Gasteiger partial charge is 0.485 e. The highest BCUT2D eigenvalue weighted by Crippen LogP contribution is 2.26. The van der Waals surface area contributed by atoms with E-state index in [9.17, 15) is 4.79 Å². The maximum absolute atomic E-state index is 11.1. The minimum atomic E-state index is -0.0289. The van der Waals surface area contributed by atoms with E-state index < -0.39 is 0 Å². The maximum Gasteiger partial charge on any atom is 0.167 e. The van der Waals surface area contributed by atoms with Gasteiger partial charge in [0.15, 0.2) is 5.78 Å². The van der Waals surface area contributed by atoms with E-state index in [1.807, 2.05) is 89.8 Å². The van der Waals surface area contributed by atoms with Crippen LogP contribution in [0.15, 0.2) is 82.1 Å². The molecule has 9 heteroatoms. The van der Waals surface area contributed by atoms with Crippen molar-refractivity contribution in [2.75, 3.05) is 6.61 Å². The van der Waals surface area contributed by atoms with E-state index in [0.717, 1.165) is 27.6 Å². The van der Waals surface area contributed by atoms with Gasteiger partial charge in [-0.2, -0.15) is 0 Å². The number of benzene rings is 2. The Morgan fingerprint density at radius 3 is 2.33 bits per heavy atom. The van der Waals surface area contributed by atoms with E-state index in [4.69, 9.17) is 30.7 Å². The van der Waals surface area contributed by atoms with Crippen molar-refractivity contribution in [3.05, 3.63) is 93.3 Å². The number of hydrogen-bond donors (Lipinski definition) is 1. The van der Waals surface area contributed by atoms with E-state index in [1.165, 1.54) is 6.92 Å². The summed E-state index contributed by atoms with van der Waals surface area (Å²) >= 11 is 9.58. The zero-order valence-electron chi connectivity index (χ0n) is 23.3. The van der Waals surface area contributed by atoms with Crippen molar-refractivity contribution in [1.29, 1.82) is 0 Å². The number of rotatable bonds is 12. The zero-order chi connectivity index (χ0) is 30.2. The third-order valence-corrected chi connectivity index (χ3v) is 5.36. The number of Topliss-reactive ketones (excluding diaryl/α,β-unsaturated/α-hetero) is 1. The van der Waals surface area contributed by atoms with Gasteiger partial charge in [0.1, 0.15) is 37.4 Å². The van der Waals surface area contributed by atoms with Gasteiger partial charge in [0.2, 0.25) is 0 Å². The molecule has 212 valence electrons. The Morgan fingerprint density at radius 2 is 1.77 bits per heavy atom. The van der Waals surface area contributed by atoms with E-state index in [-0.39, 0.29) is 12.4 Å². The molecule has 7 nitrogen and oxygen atoms in total. The first kappa shape index (κ1) is 37.7. The van der Waals surface area contributed by atoms with Crippen LogP contribution >= 0.6 is 27.5 Å². The van der Waals surface area contributed by atoms with E-state index >= 15 is 0 Å². The molecular formula is C30H38BrClN2O5. The molecule has 0 heterocycles. The van der Waals surface area contributed by atoms with Crippen LogP contribution in [0.4, 0.5) is 0 Å². The molecular weight excluding hydrogens is 584 g/mol. The van der Waals surface area contributed by atoms with Gasteiger partial charge in [-0.3, -0.25) is 9.79 Å². The summed E-state index contributed by atoms with van der Waals surface area (Å²) in [5, 5.41) is 3.76. The van der Waals surface area contributed by atoms with Gasteiger partial charge in [-0.25, -0.2) is 0 Å². The van der Waals surface area contributed by atoms with Gasteiger partial charge in [-0.1, -0.05) is 43.2 Å². The zero-order valence-corrected chi connectivity index (χ0v) is 25.6. The van der Waals surface area contributed by atoms with Crippen LogP contribution in [0.3, 0.4) is 0 Å². The molecule has 2 aromatic rings. The Labute approximate surface area is 245 Å². The second-order valence-corrected chi connectivity index (χ2v) is 8.70. The summed E-state index contributed by atoms with van der Waals surface area (Å²) in [6.07, 6.45) is 7.91. The SMILES string of the molecule is C=CC/C(C)=C\C(=C\NC=NCc1ccc(OCC(C)=O)c(Br)c1)Oc1ccc(Cl)c(C)c1.C=O.C=O.CC. The summed E-state index contributed by atoms with van der Waals surface area (Å²) in [6, 6.07) is 11.2. The smallest absolute Gasteiger partial charge is 0.167 e. The van der Waals surface area contributed by atoms with E-state index in [1.54, 1.807) is 12.5 Å². The molecule has 0 fully saturated rings. The Balaban J connectivity index is 0. The Kier molecular flexibility index (Phi) is 22.8. The second-order valence-electron chi connectivity index (χ2n) is 7.44. The quantitative estimate of drug-likeness (QED) is 0.0863. The molecule has 2 aromatic carbocycles. The van der Waals surface area contributed by atoms with Gasteiger partial charge in [0.25, 0.3) is 0 Å². The average Bonchev–Trinajstić information content (AvgIpc) is 2.93. The first-order chi connectivity index (χ1) is 18.8. The molecule has 0 saturated carbocycles. The third kappa shape index (κ3) is 16.9. The van der Waals surface area contributed by atoms with Crippen molar-refractivity contribution in [1.82, 2.24) is 5.32 Å². The van der Waals surface area contributed by atoms with E-state index in [0.29, 0.717) is 28.8 Å². The molecule has 39 heavy (non-hydrogen) atoms. The fraction of sp³-hybridized carbons (Fsp3) is 0.267. The van der Waals surface area contributed by atoms with Crippen LogP contribution in [-0.4, -0.2) is 32.3 Å². The van der Waals surface area contributed by atoms with Crippen molar-refractivity contribution in [2.45, 2.75) is 47.6 Å². The summed E-state index contributed by atoms with van der Waals surface area (Å²) in [7, 11) is 0. The van der Waals surface area contributed by atoms with Crippen LogP contribution in [0.25, 0.3) is 0 Å². The first-order valence-corrected chi connectivity index (χ1v) is 13.1. The number of ether oxygens (including phenoxy) is 2. The first-order valence-electron chi connectivity index (χ1n) is 11.9. The highest BCUT2D eigenvalue weighted by Gasteiger charge is 2.04. The minimum absolute atomic E-state index is 0.0289. The fourth-order valence-electron chi connectivity index (χ4n) is 2.71. The van der Waals surface area contributed by atoms with Crippen molar-refractivity contribution >= 4 is 53.2 Å². The summed E-state index contributed by atoms with van der Waals surface area (Å²) in [5.74, 6) is 1.93. The maximum atomic E-state index is 11.1. The number of hydrogen-bond acceptors (Lipinski definition) is 6. The number of nitrogens with one attached hydrogen (secondary N) is 1. The monoisotopic (exact) mass is 620 g/mol. The molecule has 0 aliphatic heterocycles. The van der Waals surface area contributed by atoms with Crippen LogP contribution in [0.1, 0.15) is 45.2 Å². The molecule has 0 atom stereocenters. The van der Waals surface area contributed by atoms with E-state index in [2.05, 4.69) is 32.8 Å². The highest BCUT2D eigenvalue weighted by molar-refractivity contribution is 9.10. The van der Waals surface area contributed by atoms with Crippen molar-refractivity contribution in [3.8, 4) is 11.5 Å². The van der Waals surface area contributed by atoms with Crippen LogP contribution in [0.2, 0.25) is 5.02 Å². The molecule has 0 aromatic heterocycles. The molecule has 0 unspecified atom stereocenters. The normalized spacial score (nSPS) is 10.5. The standard InChI is InChI=1S/C26H28BrClN2O3.C2H6.2CH2O/c1-5-6-18(2)11-23(33-22-8-9-25(28)19(3)12-22)15-30-17-29-14-21-7-10-26(24(27)13-21)32-16-20(4)31;3*1-2/h5,7-13,15,17H,1,6,14,16H2,2-4H3,(H,29,30);1-2H3;2*1H2/b18-11-,23-15-;;;. The lowest BCUT2D eigenvalue weighted by Crippen LogP contribution is -2.07. The summed E-state index contributed by atoms with van der Waals surface area (Å²) in [5.41, 5.74) is 3.05. The Hall–Kier alpha value is -3.49. The van der Waals surface area contributed by atoms with Crippen LogP contribution in [-0.2, 0) is 20.9 Å². The van der Waals surface area contributed by atoms with Gasteiger partial charge in [-0.15, -0.1) is 6.58 Å². The topological polar surface area (TPSA) is 94.1 Å². The number of halogens is 2.